The number of aryl methyl sites for hydroxylation is 1. The molecule has 4 rings (SSSR count). The van der Waals surface area contributed by atoms with Crippen molar-refractivity contribution < 1.29 is 4.79 Å². The number of amides is 1. The molecule has 1 aromatic carbocycles. The molecule has 0 bridgehead atoms. The van der Waals surface area contributed by atoms with Crippen LogP contribution in [0.2, 0.25) is 0 Å². The zero-order valence-corrected chi connectivity index (χ0v) is 17.0. The van der Waals surface area contributed by atoms with Crippen molar-refractivity contribution >= 4 is 16.8 Å². The first-order valence-corrected chi connectivity index (χ1v) is 10.3. The van der Waals surface area contributed by atoms with Crippen LogP contribution in [0.25, 0.3) is 22.2 Å². The van der Waals surface area contributed by atoms with Crippen LogP contribution in [-0.4, -0.2) is 38.7 Å². The lowest BCUT2D eigenvalue weighted by atomic mass is 10.0. The monoisotopic (exact) mass is 376 g/mol. The molecule has 2 aromatic heterocycles. The van der Waals surface area contributed by atoms with E-state index >= 15 is 0 Å². The molecule has 0 radical (unpaired) electrons. The van der Waals surface area contributed by atoms with Crippen LogP contribution in [0, 0.1) is 6.92 Å². The maximum absolute atomic E-state index is 13.4. The fraction of sp³-hybridized carbons (Fsp3) is 0.435. The van der Waals surface area contributed by atoms with Gasteiger partial charge in [0.1, 0.15) is 0 Å². The lowest BCUT2D eigenvalue weighted by Crippen LogP contribution is -2.32. The zero-order valence-electron chi connectivity index (χ0n) is 17.0. The zero-order chi connectivity index (χ0) is 19.7. The van der Waals surface area contributed by atoms with Gasteiger partial charge in [-0.05, 0) is 51.3 Å². The van der Waals surface area contributed by atoms with Gasteiger partial charge in [0.15, 0.2) is 0 Å². The second-order valence-electron chi connectivity index (χ2n) is 8.08. The molecule has 1 aliphatic heterocycles. The molecular formula is C23H28N4O. The van der Waals surface area contributed by atoms with Gasteiger partial charge in [0, 0.05) is 36.3 Å². The Bertz CT molecular complexity index is 997. The van der Waals surface area contributed by atoms with Gasteiger partial charge in [-0.3, -0.25) is 9.48 Å². The summed E-state index contributed by atoms with van der Waals surface area (Å²) in [6, 6.07) is 8.39. The van der Waals surface area contributed by atoms with Crippen molar-refractivity contribution in [3.05, 3.63) is 47.8 Å². The maximum atomic E-state index is 13.4. The Labute approximate surface area is 166 Å². The molecule has 0 spiro atoms. The topological polar surface area (TPSA) is 51.0 Å². The molecule has 0 aliphatic carbocycles. The third kappa shape index (κ3) is 3.66. The third-order valence-corrected chi connectivity index (χ3v) is 5.52. The summed E-state index contributed by atoms with van der Waals surface area (Å²) in [5.41, 5.74) is 4.51. The molecule has 1 saturated heterocycles. The molecule has 0 unspecified atom stereocenters. The number of pyridine rings is 1. The van der Waals surface area contributed by atoms with Crippen LogP contribution >= 0.6 is 0 Å². The first kappa shape index (κ1) is 18.7. The van der Waals surface area contributed by atoms with Crippen molar-refractivity contribution in [1.29, 1.82) is 0 Å². The first-order chi connectivity index (χ1) is 13.5. The van der Waals surface area contributed by atoms with E-state index in [1.165, 1.54) is 12.8 Å². The first-order valence-electron chi connectivity index (χ1n) is 10.3. The van der Waals surface area contributed by atoms with Crippen LogP contribution in [0.5, 0.6) is 0 Å². The molecule has 3 heterocycles. The van der Waals surface area contributed by atoms with Crippen molar-refractivity contribution in [2.24, 2.45) is 0 Å². The summed E-state index contributed by atoms with van der Waals surface area (Å²) in [6.07, 6.45) is 8.43. The largest absolute Gasteiger partial charge is 0.339 e. The molecule has 1 amide bonds. The van der Waals surface area contributed by atoms with Crippen molar-refractivity contribution in [3.63, 3.8) is 0 Å². The highest BCUT2D eigenvalue weighted by Gasteiger charge is 2.21. The molecule has 28 heavy (non-hydrogen) atoms. The van der Waals surface area contributed by atoms with E-state index in [1.807, 2.05) is 34.1 Å². The van der Waals surface area contributed by atoms with Crippen LogP contribution in [0.1, 0.15) is 61.5 Å². The number of likely N-dealkylation sites (tertiary alicyclic amines) is 1. The minimum atomic E-state index is 0.121. The van der Waals surface area contributed by atoms with Crippen LogP contribution in [0.15, 0.2) is 36.7 Å². The predicted octanol–water partition coefficient (Wildman–Crippen LogP) is 5.00. The lowest BCUT2D eigenvalue weighted by molar-refractivity contribution is 0.0763. The minimum Gasteiger partial charge on any atom is -0.339 e. The number of benzene rings is 1. The molecule has 3 aromatic rings. The molecule has 5 nitrogen and oxygen atoms in total. The van der Waals surface area contributed by atoms with Crippen LogP contribution in [-0.2, 0) is 0 Å². The second-order valence-corrected chi connectivity index (χ2v) is 8.08. The van der Waals surface area contributed by atoms with Gasteiger partial charge in [-0.15, -0.1) is 0 Å². The van der Waals surface area contributed by atoms with E-state index in [2.05, 4.69) is 38.0 Å². The van der Waals surface area contributed by atoms with Crippen molar-refractivity contribution in [2.45, 2.75) is 52.5 Å². The van der Waals surface area contributed by atoms with Crippen molar-refractivity contribution in [1.82, 2.24) is 19.7 Å². The molecule has 146 valence electrons. The average molecular weight is 377 g/mol. The molecule has 0 atom stereocenters. The van der Waals surface area contributed by atoms with Gasteiger partial charge in [-0.25, -0.2) is 4.98 Å². The van der Waals surface area contributed by atoms with E-state index in [0.717, 1.165) is 59.2 Å². The normalized spacial score (nSPS) is 15.2. The Morgan fingerprint density at radius 2 is 1.82 bits per heavy atom. The van der Waals surface area contributed by atoms with Gasteiger partial charge in [-0.1, -0.05) is 25.0 Å². The Balaban J connectivity index is 1.82. The number of aromatic nitrogens is 3. The summed E-state index contributed by atoms with van der Waals surface area (Å²) in [4.78, 5) is 20.3. The molecular weight excluding hydrogens is 348 g/mol. The molecule has 0 saturated carbocycles. The fourth-order valence-corrected chi connectivity index (χ4v) is 3.86. The highest BCUT2D eigenvalue weighted by Crippen LogP contribution is 2.27. The van der Waals surface area contributed by atoms with Gasteiger partial charge >= 0.3 is 0 Å². The van der Waals surface area contributed by atoms with E-state index in [4.69, 9.17) is 4.98 Å². The van der Waals surface area contributed by atoms with Gasteiger partial charge in [0.2, 0.25) is 0 Å². The predicted molar refractivity (Wildman–Crippen MR) is 112 cm³/mol. The number of fused-ring (bicyclic) bond motifs is 1. The molecule has 1 fully saturated rings. The Morgan fingerprint density at radius 3 is 2.50 bits per heavy atom. The Morgan fingerprint density at radius 1 is 1.07 bits per heavy atom. The summed E-state index contributed by atoms with van der Waals surface area (Å²) < 4.78 is 1.92. The Hall–Kier alpha value is -2.69. The number of rotatable bonds is 3. The standard InChI is InChI=1S/C23H28N4O/c1-16(2)27-15-18(14-24-27)21-13-20(19-9-8-17(3)12-22(19)25-21)23(28)26-10-6-4-5-7-11-26/h8-9,12-16H,4-7,10-11H2,1-3H3. The quantitative estimate of drug-likeness (QED) is 0.646. The van der Waals surface area contributed by atoms with Crippen molar-refractivity contribution in [3.8, 4) is 11.3 Å². The van der Waals surface area contributed by atoms with Gasteiger partial charge in [0.05, 0.1) is 23.0 Å². The van der Waals surface area contributed by atoms with E-state index in [1.54, 1.807) is 0 Å². The second kappa shape index (κ2) is 7.74. The van der Waals surface area contributed by atoms with Crippen LogP contribution < -0.4 is 0 Å². The number of carbonyl (C=O) groups excluding carboxylic acids is 1. The smallest absolute Gasteiger partial charge is 0.254 e. The maximum Gasteiger partial charge on any atom is 0.254 e. The van der Waals surface area contributed by atoms with E-state index < -0.39 is 0 Å². The van der Waals surface area contributed by atoms with Crippen LogP contribution in [0.4, 0.5) is 0 Å². The number of carbonyl (C=O) groups is 1. The molecule has 0 N–H and O–H groups in total. The van der Waals surface area contributed by atoms with E-state index in [-0.39, 0.29) is 11.9 Å². The van der Waals surface area contributed by atoms with Gasteiger partial charge < -0.3 is 4.90 Å². The minimum absolute atomic E-state index is 0.121. The van der Waals surface area contributed by atoms with E-state index in [9.17, 15) is 4.79 Å². The highest BCUT2D eigenvalue weighted by atomic mass is 16.2. The summed E-state index contributed by atoms with van der Waals surface area (Å²) in [5.74, 6) is 0.121. The highest BCUT2D eigenvalue weighted by molar-refractivity contribution is 6.07. The molecule has 1 aliphatic rings. The fourth-order valence-electron chi connectivity index (χ4n) is 3.86. The van der Waals surface area contributed by atoms with Gasteiger partial charge in [-0.2, -0.15) is 5.10 Å². The SMILES string of the molecule is Cc1ccc2c(C(=O)N3CCCCCC3)cc(-c3cnn(C(C)C)c3)nc2c1. The van der Waals surface area contributed by atoms with Crippen molar-refractivity contribution in [2.75, 3.05) is 13.1 Å². The summed E-state index contributed by atoms with van der Waals surface area (Å²) >= 11 is 0. The molecule has 5 heteroatoms. The summed E-state index contributed by atoms with van der Waals surface area (Å²) in [5, 5.41) is 5.38. The van der Waals surface area contributed by atoms with Crippen LogP contribution in [0.3, 0.4) is 0 Å². The number of hydrogen-bond donors (Lipinski definition) is 0. The lowest BCUT2D eigenvalue weighted by Gasteiger charge is -2.21. The Kier molecular flexibility index (Phi) is 5.16. The van der Waals surface area contributed by atoms with E-state index in [0.29, 0.717) is 0 Å². The average Bonchev–Trinajstić information content (AvgIpc) is 3.03. The number of nitrogens with zero attached hydrogens (tertiary/aromatic N) is 4. The summed E-state index contributed by atoms with van der Waals surface area (Å²) in [6.45, 7) is 7.94. The third-order valence-electron chi connectivity index (χ3n) is 5.52. The number of hydrogen-bond acceptors (Lipinski definition) is 3. The van der Waals surface area contributed by atoms with Gasteiger partial charge in [0.25, 0.3) is 5.91 Å². The summed E-state index contributed by atoms with van der Waals surface area (Å²) in [7, 11) is 0.